The number of guanidine groups is 1. The molecule has 1 fully saturated rings. The van der Waals surface area contributed by atoms with Gasteiger partial charge >= 0.3 is 0 Å². The summed E-state index contributed by atoms with van der Waals surface area (Å²) in [6.07, 6.45) is 6.02. The Hall–Kier alpha value is -1.92. The Morgan fingerprint density at radius 3 is 2.67 bits per heavy atom. The third kappa shape index (κ3) is 5.30. The Bertz CT molecular complexity index is 723. The van der Waals surface area contributed by atoms with Gasteiger partial charge in [-0.05, 0) is 24.8 Å². The Balaban J connectivity index is 1.55. The zero-order valence-electron chi connectivity index (χ0n) is 16.3. The van der Waals surface area contributed by atoms with Crippen LogP contribution in [0.25, 0.3) is 0 Å². The van der Waals surface area contributed by atoms with Gasteiger partial charge in [0.15, 0.2) is 5.96 Å². The average molecular weight is 387 g/mol. The zero-order chi connectivity index (χ0) is 19.0. The van der Waals surface area contributed by atoms with Gasteiger partial charge in [0.05, 0.1) is 5.01 Å². The number of aromatic nitrogens is 1. The van der Waals surface area contributed by atoms with Gasteiger partial charge in [0.1, 0.15) is 0 Å². The molecule has 0 radical (unpaired) electrons. The van der Waals surface area contributed by atoms with E-state index in [0.29, 0.717) is 0 Å². The molecule has 0 bridgehead atoms. The van der Waals surface area contributed by atoms with Gasteiger partial charge in [-0.3, -0.25) is 4.99 Å². The lowest BCUT2D eigenvalue weighted by Gasteiger charge is -2.38. The molecular formula is C21H30N4OS. The van der Waals surface area contributed by atoms with Gasteiger partial charge in [0.25, 0.3) is 0 Å². The average Bonchev–Trinajstić information content (AvgIpc) is 3.20. The van der Waals surface area contributed by atoms with Crippen molar-refractivity contribution < 1.29 is 4.74 Å². The van der Waals surface area contributed by atoms with Gasteiger partial charge in [-0.15, -0.1) is 11.3 Å². The van der Waals surface area contributed by atoms with Crippen molar-refractivity contribution in [3.05, 3.63) is 52.0 Å². The Morgan fingerprint density at radius 1 is 1.22 bits per heavy atom. The summed E-state index contributed by atoms with van der Waals surface area (Å²) in [6.45, 7) is 5.48. The van der Waals surface area contributed by atoms with Gasteiger partial charge in [0.2, 0.25) is 0 Å². The molecule has 0 amide bonds. The second-order valence-electron chi connectivity index (χ2n) is 6.94. The third-order valence-corrected chi connectivity index (χ3v) is 6.44. The maximum Gasteiger partial charge on any atom is 0.191 e. The van der Waals surface area contributed by atoms with Crippen molar-refractivity contribution in [1.82, 2.24) is 15.6 Å². The molecule has 0 unspecified atom stereocenters. The predicted octanol–water partition coefficient (Wildman–Crippen LogP) is 3.16. The SMILES string of the molecule is CCc1cnc(CCNC(=NC)NCC2(c3ccccc3)CCOCC2)s1. The van der Waals surface area contributed by atoms with E-state index in [1.54, 1.807) is 11.3 Å². The first-order valence-electron chi connectivity index (χ1n) is 9.77. The molecule has 1 aromatic carbocycles. The summed E-state index contributed by atoms with van der Waals surface area (Å²) in [5, 5.41) is 8.16. The lowest BCUT2D eigenvalue weighted by atomic mass is 9.74. The van der Waals surface area contributed by atoms with Crippen molar-refractivity contribution in [3.8, 4) is 0 Å². The van der Waals surface area contributed by atoms with Crippen molar-refractivity contribution in [2.45, 2.75) is 38.0 Å². The molecule has 0 aliphatic carbocycles. The van der Waals surface area contributed by atoms with Crippen LogP contribution in [-0.4, -0.2) is 44.3 Å². The maximum atomic E-state index is 5.63. The monoisotopic (exact) mass is 386 g/mol. The highest BCUT2D eigenvalue weighted by atomic mass is 32.1. The van der Waals surface area contributed by atoms with E-state index in [0.717, 1.165) is 57.9 Å². The molecule has 27 heavy (non-hydrogen) atoms. The molecule has 1 aromatic heterocycles. The van der Waals surface area contributed by atoms with Gasteiger partial charge < -0.3 is 15.4 Å². The van der Waals surface area contributed by atoms with E-state index in [2.05, 4.69) is 57.9 Å². The number of nitrogens with one attached hydrogen (secondary N) is 2. The van der Waals surface area contributed by atoms with Gasteiger partial charge in [-0.2, -0.15) is 0 Å². The second-order valence-corrected chi connectivity index (χ2v) is 8.13. The number of nitrogens with zero attached hydrogens (tertiary/aromatic N) is 2. The predicted molar refractivity (Wildman–Crippen MR) is 113 cm³/mol. The molecule has 1 saturated heterocycles. The highest BCUT2D eigenvalue weighted by Gasteiger charge is 2.34. The fourth-order valence-corrected chi connectivity index (χ4v) is 4.37. The fourth-order valence-electron chi connectivity index (χ4n) is 3.51. The number of aryl methyl sites for hydroxylation is 1. The first-order valence-corrected chi connectivity index (χ1v) is 10.6. The van der Waals surface area contributed by atoms with Crippen LogP contribution in [0.1, 0.15) is 35.2 Å². The largest absolute Gasteiger partial charge is 0.381 e. The third-order valence-electron chi connectivity index (χ3n) is 5.24. The summed E-state index contributed by atoms with van der Waals surface area (Å²) in [4.78, 5) is 10.2. The topological polar surface area (TPSA) is 58.5 Å². The Labute approximate surface area is 166 Å². The van der Waals surface area contributed by atoms with Crippen molar-refractivity contribution in [2.75, 3.05) is 33.4 Å². The van der Waals surface area contributed by atoms with Crippen LogP contribution in [0.5, 0.6) is 0 Å². The van der Waals surface area contributed by atoms with Gasteiger partial charge in [0, 0.05) is 56.3 Å². The smallest absolute Gasteiger partial charge is 0.191 e. The first kappa shape index (κ1) is 19.8. The number of thiazole rings is 1. The molecule has 146 valence electrons. The van der Waals surface area contributed by atoms with Crippen LogP contribution in [0.2, 0.25) is 0 Å². The summed E-state index contributed by atoms with van der Waals surface area (Å²) < 4.78 is 5.63. The van der Waals surface area contributed by atoms with E-state index in [9.17, 15) is 0 Å². The van der Waals surface area contributed by atoms with Crippen LogP contribution >= 0.6 is 11.3 Å². The van der Waals surface area contributed by atoms with E-state index in [-0.39, 0.29) is 5.41 Å². The summed E-state index contributed by atoms with van der Waals surface area (Å²) in [6, 6.07) is 10.8. The number of aliphatic imine (C=N–C) groups is 1. The summed E-state index contributed by atoms with van der Waals surface area (Å²) in [7, 11) is 1.83. The molecular weight excluding hydrogens is 356 g/mol. The molecule has 2 aromatic rings. The minimum Gasteiger partial charge on any atom is -0.381 e. The van der Waals surface area contributed by atoms with E-state index >= 15 is 0 Å². The molecule has 5 nitrogen and oxygen atoms in total. The fraction of sp³-hybridized carbons (Fsp3) is 0.524. The van der Waals surface area contributed by atoms with Crippen LogP contribution < -0.4 is 10.6 Å². The summed E-state index contributed by atoms with van der Waals surface area (Å²) >= 11 is 1.80. The van der Waals surface area contributed by atoms with Gasteiger partial charge in [-0.25, -0.2) is 4.98 Å². The van der Waals surface area contributed by atoms with Crippen LogP contribution in [-0.2, 0) is 23.0 Å². The van der Waals surface area contributed by atoms with Crippen LogP contribution in [0.15, 0.2) is 41.5 Å². The molecule has 0 spiro atoms. The van der Waals surface area contributed by atoms with E-state index in [1.165, 1.54) is 15.4 Å². The standard InChI is InChI=1S/C21H30N4OS/c1-3-18-15-24-19(27-18)9-12-23-20(22-2)25-16-21(10-13-26-14-11-21)17-7-5-4-6-8-17/h4-8,15H,3,9-14,16H2,1-2H3,(H2,22,23,25). The van der Waals surface area contributed by atoms with Crippen molar-refractivity contribution in [1.29, 1.82) is 0 Å². The first-order chi connectivity index (χ1) is 13.3. The van der Waals surface area contributed by atoms with E-state index in [4.69, 9.17) is 4.74 Å². The molecule has 6 heteroatoms. The minimum absolute atomic E-state index is 0.0997. The molecule has 1 aliphatic heterocycles. The van der Waals surface area contributed by atoms with Crippen LogP contribution in [0.4, 0.5) is 0 Å². The number of benzene rings is 1. The summed E-state index contributed by atoms with van der Waals surface area (Å²) in [5.74, 6) is 0.851. The van der Waals surface area contributed by atoms with E-state index in [1.807, 2.05) is 13.2 Å². The highest BCUT2D eigenvalue weighted by Crippen LogP contribution is 2.34. The molecule has 2 N–H and O–H groups in total. The number of hydrogen-bond acceptors (Lipinski definition) is 4. The second kappa shape index (κ2) is 9.85. The normalized spacial score (nSPS) is 16.9. The number of rotatable bonds is 7. The van der Waals surface area contributed by atoms with E-state index < -0.39 is 0 Å². The lowest BCUT2D eigenvalue weighted by molar-refractivity contribution is 0.0514. The Kier molecular flexibility index (Phi) is 7.24. The quantitative estimate of drug-likeness (QED) is 0.567. The lowest BCUT2D eigenvalue weighted by Crippen LogP contribution is -2.48. The van der Waals surface area contributed by atoms with Crippen LogP contribution in [0, 0.1) is 0 Å². The maximum absolute atomic E-state index is 5.63. The zero-order valence-corrected chi connectivity index (χ0v) is 17.1. The molecule has 0 saturated carbocycles. The summed E-state index contributed by atoms with van der Waals surface area (Å²) in [5.41, 5.74) is 1.48. The number of hydrogen-bond donors (Lipinski definition) is 2. The molecule has 0 atom stereocenters. The van der Waals surface area contributed by atoms with Crippen LogP contribution in [0.3, 0.4) is 0 Å². The molecule has 2 heterocycles. The van der Waals surface area contributed by atoms with Crippen molar-refractivity contribution in [2.24, 2.45) is 4.99 Å². The Morgan fingerprint density at radius 2 is 2.00 bits per heavy atom. The van der Waals surface area contributed by atoms with Crippen molar-refractivity contribution >= 4 is 17.3 Å². The molecule has 1 aliphatic rings. The molecule has 3 rings (SSSR count). The minimum atomic E-state index is 0.0997. The van der Waals surface area contributed by atoms with Crippen molar-refractivity contribution in [3.63, 3.8) is 0 Å². The highest BCUT2D eigenvalue weighted by molar-refractivity contribution is 7.11. The number of ether oxygens (including phenoxy) is 1. The van der Waals surface area contributed by atoms with Gasteiger partial charge in [-0.1, -0.05) is 37.3 Å².